The van der Waals surface area contributed by atoms with E-state index < -0.39 is 0 Å². The summed E-state index contributed by atoms with van der Waals surface area (Å²) in [4.78, 5) is 37.4. The smallest absolute Gasteiger partial charge is 0.318 e. The molecule has 0 radical (unpaired) electrons. The number of carbonyl (C=O) groups is 2. The summed E-state index contributed by atoms with van der Waals surface area (Å²) in [7, 11) is 0. The van der Waals surface area contributed by atoms with E-state index in [0.29, 0.717) is 35.8 Å². The number of piperazine rings is 1. The Kier molecular flexibility index (Phi) is 7.85. The molecule has 0 spiro atoms. The standard InChI is InChI=1S/C20H33ClN6O2S/c1-13-11-26(8-9-27(13)18(29)25-20(5,6)7)15-10-14(21)22-17(23-15)30-12-16(28)24-19(2,3)4/h10,13H,8-9,11-12H2,1-7H3,(H,24,28)(H,25,29). The van der Waals surface area contributed by atoms with Crippen molar-refractivity contribution in [3.05, 3.63) is 11.2 Å². The monoisotopic (exact) mass is 456 g/mol. The van der Waals surface area contributed by atoms with Gasteiger partial charge in [-0.2, -0.15) is 0 Å². The van der Waals surface area contributed by atoms with Gasteiger partial charge < -0.3 is 20.4 Å². The molecule has 0 bridgehead atoms. The van der Waals surface area contributed by atoms with E-state index in [0.717, 1.165) is 0 Å². The van der Waals surface area contributed by atoms with Gasteiger partial charge >= 0.3 is 6.03 Å². The zero-order valence-electron chi connectivity index (χ0n) is 18.9. The van der Waals surface area contributed by atoms with Crippen LogP contribution in [-0.2, 0) is 4.79 Å². The Labute approximate surface area is 188 Å². The van der Waals surface area contributed by atoms with Crippen LogP contribution in [0.3, 0.4) is 0 Å². The van der Waals surface area contributed by atoms with Crippen molar-refractivity contribution in [2.45, 2.75) is 70.7 Å². The normalized spacial score (nSPS) is 17.7. The lowest BCUT2D eigenvalue weighted by Crippen LogP contribution is -2.59. The van der Waals surface area contributed by atoms with Crippen LogP contribution in [0.5, 0.6) is 0 Å². The summed E-state index contributed by atoms with van der Waals surface area (Å²) in [5, 5.41) is 6.73. The quantitative estimate of drug-likeness (QED) is 0.411. The molecule has 1 aliphatic heterocycles. The molecule has 1 aliphatic rings. The number of urea groups is 1. The summed E-state index contributed by atoms with van der Waals surface area (Å²) in [6.45, 7) is 15.6. The van der Waals surface area contributed by atoms with E-state index in [2.05, 4.69) is 25.5 Å². The molecule has 168 valence electrons. The van der Waals surface area contributed by atoms with Crippen LogP contribution in [0, 0.1) is 0 Å². The van der Waals surface area contributed by atoms with Gasteiger partial charge in [-0.25, -0.2) is 14.8 Å². The van der Waals surface area contributed by atoms with Crippen LogP contribution < -0.4 is 15.5 Å². The average Bonchev–Trinajstić information content (AvgIpc) is 2.56. The lowest BCUT2D eigenvalue weighted by Gasteiger charge is -2.41. The van der Waals surface area contributed by atoms with Crippen molar-refractivity contribution in [3.63, 3.8) is 0 Å². The lowest BCUT2D eigenvalue weighted by molar-refractivity contribution is -0.119. The fraction of sp³-hybridized carbons (Fsp3) is 0.700. The zero-order valence-corrected chi connectivity index (χ0v) is 20.4. The third kappa shape index (κ3) is 7.83. The van der Waals surface area contributed by atoms with E-state index in [1.807, 2.05) is 53.4 Å². The lowest BCUT2D eigenvalue weighted by atomic mass is 10.1. The van der Waals surface area contributed by atoms with Crippen molar-refractivity contribution in [3.8, 4) is 0 Å². The molecule has 3 amide bonds. The number of nitrogens with one attached hydrogen (secondary N) is 2. The summed E-state index contributed by atoms with van der Waals surface area (Å²) < 4.78 is 0. The van der Waals surface area contributed by atoms with Crippen LogP contribution in [0.15, 0.2) is 11.2 Å². The molecule has 0 aliphatic carbocycles. The van der Waals surface area contributed by atoms with Gasteiger partial charge in [-0.1, -0.05) is 23.4 Å². The van der Waals surface area contributed by atoms with Gasteiger partial charge in [-0.3, -0.25) is 4.79 Å². The highest BCUT2D eigenvalue weighted by molar-refractivity contribution is 7.99. The highest BCUT2D eigenvalue weighted by Gasteiger charge is 2.30. The molecule has 0 aromatic carbocycles. The molecule has 30 heavy (non-hydrogen) atoms. The summed E-state index contributed by atoms with van der Waals surface area (Å²) in [5.41, 5.74) is -0.563. The number of aromatic nitrogens is 2. The number of hydrogen-bond acceptors (Lipinski definition) is 6. The molecule has 2 rings (SSSR count). The first-order chi connectivity index (χ1) is 13.7. The van der Waals surface area contributed by atoms with Crippen molar-refractivity contribution in [2.24, 2.45) is 0 Å². The third-order valence-corrected chi connectivity index (χ3v) is 5.24. The number of thioether (sulfide) groups is 1. The predicted octanol–water partition coefficient (Wildman–Crippen LogP) is 3.16. The Hall–Kier alpha value is -1.74. The number of halogens is 1. The first kappa shape index (κ1) is 24.5. The van der Waals surface area contributed by atoms with E-state index in [9.17, 15) is 9.59 Å². The molecule has 2 N–H and O–H groups in total. The van der Waals surface area contributed by atoms with E-state index in [-0.39, 0.29) is 34.8 Å². The van der Waals surface area contributed by atoms with E-state index in [1.165, 1.54) is 11.8 Å². The van der Waals surface area contributed by atoms with Crippen LogP contribution in [0.1, 0.15) is 48.5 Å². The molecule has 1 atom stereocenters. The van der Waals surface area contributed by atoms with Crippen LogP contribution in [0.4, 0.5) is 10.6 Å². The second-order valence-electron chi connectivity index (χ2n) is 9.59. The molecule has 10 heteroatoms. The summed E-state index contributed by atoms with van der Waals surface area (Å²) in [5.74, 6) is 0.843. The van der Waals surface area contributed by atoms with Crippen molar-refractivity contribution >= 4 is 41.1 Å². The van der Waals surface area contributed by atoms with Gasteiger partial charge in [0.1, 0.15) is 11.0 Å². The van der Waals surface area contributed by atoms with Gasteiger partial charge in [0.25, 0.3) is 0 Å². The molecule has 1 fully saturated rings. The van der Waals surface area contributed by atoms with Crippen molar-refractivity contribution < 1.29 is 9.59 Å². The van der Waals surface area contributed by atoms with Gasteiger partial charge in [0.05, 0.1) is 5.75 Å². The highest BCUT2D eigenvalue weighted by atomic mass is 35.5. The van der Waals surface area contributed by atoms with Gasteiger partial charge in [-0.05, 0) is 48.5 Å². The average molecular weight is 457 g/mol. The molecule has 1 aromatic rings. The Morgan fingerprint density at radius 1 is 1.13 bits per heavy atom. The summed E-state index contributed by atoms with van der Waals surface area (Å²) in [6.07, 6.45) is 0. The fourth-order valence-electron chi connectivity index (χ4n) is 3.06. The number of carbonyl (C=O) groups excluding carboxylic acids is 2. The topological polar surface area (TPSA) is 90.5 Å². The van der Waals surface area contributed by atoms with Gasteiger partial charge in [-0.15, -0.1) is 0 Å². The molecule has 8 nitrogen and oxygen atoms in total. The molecular formula is C20H33ClN6O2S. The summed E-state index contributed by atoms with van der Waals surface area (Å²) in [6, 6.07) is 1.68. The maximum Gasteiger partial charge on any atom is 0.318 e. The minimum absolute atomic E-state index is 0.0171. The largest absolute Gasteiger partial charge is 0.353 e. The van der Waals surface area contributed by atoms with Gasteiger partial charge in [0, 0.05) is 42.8 Å². The second kappa shape index (κ2) is 9.60. The number of hydrogen-bond donors (Lipinski definition) is 2. The number of amides is 3. The maximum absolute atomic E-state index is 12.5. The minimum atomic E-state index is -0.285. The van der Waals surface area contributed by atoms with Crippen LogP contribution >= 0.6 is 23.4 Å². The molecule has 1 aromatic heterocycles. The van der Waals surface area contributed by atoms with Crippen LogP contribution in [0.2, 0.25) is 5.15 Å². The molecular weight excluding hydrogens is 424 g/mol. The number of nitrogens with zero attached hydrogens (tertiary/aromatic N) is 4. The Balaban J connectivity index is 2.01. The SMILES string of the molecule is CC1CN(c2cc(Cl)nc(SCC(=O)NC(C)(C)C)n2)CCN1C(=O)NC(C)(C)C. The first-order valence-corrected chi connectivity index (χ1v) is 11.4. The minimum Gasteiger partial charge on any atom is -0.353 e. The third-order valence-electron chi connectivity index (χ3n) is 4.20. The van der Waals surface area contributed by atoms with E-state index in [1.54, 1.807) is 6.07 Å². The molecule has 1 saturated heterocycles. The first-order valence-electron chi connectivity index (χ1n) is 10.1. The Morgan fingerprint density at radius 2 is 1.77 bits per heavy atom. The molecule has 2 heterocycles. The van der Waals surface area contributed by atoms with Gasteiger partial charge in [0.15, 0.2) is 5.16 Å². The van der Waals surface area contributed by atoms with E-state index in [4.69, 9.17) is 11.6 Å². The Morgan fingerprint density at radius 3 is 2.33 bits per heavy atom. The maximum atomic E-state index is 12.5. The number of anilines is 1. The zero-order chi connectivity index (χ0) is 22.7. The summed E-state index contributed by atoms with van der Waals surface area (Å²) >= 11 is 7.47. The number of rotatable bonds is 4. The van der Waals surface area contributed by atoms with Gasteiger partial charge in [0.2, 0.25) is 5.91 Å². The molecule has 1 unspecified atom stereocenters. The van der Waals surface area contributed by atoms with Crippen molar-refractivity contribution in [1.82, 2.24) is 25.5 Å². The second-order valence-corrected chi connectivity index (χ2v) is 10.9. The fourth-order valence-corrected chi connectivity index (χ4v) is 3.94. The van der Waals surface area contributed by atoms with Crippen molar-refractivity contribution in [1.29, 1.82) is 0 Å². The Bertz CT molecular complexity index is 778. The van der Waals surface area contributed by atoms with Crippen molar-refractivity contribution in [2.75, 3.05) is 30.3 Å². The predicted molar refractivity (Wildman–Crippen MR) is 122 cm³/mol. The molecule has 0 saturated carbocycles. The van der Waals surface area contributed by atoms with E-state index >= 15 is 0 Å². The highest BCUT2D eigenvalue weighted by Crippen LogP contribution is 2.24. The van der Waals surface area contributed by atoms with Crippen LogP contribution in [-0.4, -0.2) is 69.3 Å². The van der Waals surface area contributed by atoms with Crippen LogP contribution in [0.25, 0.3) is 0 Å².